The third-order valence-electron chi connectivity index (χ3n) is 11.1. The van der Waals surface area contributed by atoms with Crippen LogP contribution in [-0.4, -0.2) is 82.4 Å². The lowest BCUT2D eigenvalue weighted by atomic mass is 9.94. The number of furan rings is 1. The van der Waals surface area contributed by atoms with E-state index in [-0.39, 0.29) is 25.3 Å². The summed E-state index contributed by atoms with van der Waals surface area (Å²) in [5.74, 6) is -2.18. The summed E-state index contributed by atoms with van der Waals surface area (Å²) in [6.07, 6.45) is 9.37. The first-order valence-electron chi connectivity index (χ1n) is 19.3. The number of fused-ring (bicyclic) bond motifs is 5. The molecule has 4 aliphatic rings. The summed E-state index contributed by atoms with van der Waals surface area (Å²) in [7, 11) is -3.90. The number of amides is 4. The van der Waals surface area contributed by atoms with Gasteiger partial charge in [-0.25, -0.2) is 18.4 Å². The van der Waals surface area contributed by atoms with E-state index in [0.29, 0.717) is 65.2 Å². The van der Waals surface area contributed by atoms with Gasteiger partial charge in [-0.2, -0.15) is 0 Å². The number of benzene rings is 1. The maximum atomic E-state index is 14.7. The number of allylic oxidation sites excluding steroid dienone is 1. The number of rotatable bonds is 7. The molecule has 5 heterocycles. The molecule has 56 heavy (non-hydrogen) atoms. The molecule has 2 saturated carbocycles. The Balaban J connectivity index is 1.15. The van der Waals surface area contributed by atoms with Gasteiger partial charge in [-0.15, -0.1) is 11.3 Å². The van der Waals surface area contributed by atoms with Gasteiger partial charge in [-0.1, -0.05) is 57.9 Å². The van der Waals surface area contributed by atoms with Crippen molar-refractivity contribution in [3.05, 3.63) is 54.1 Å². The van der Waals surface area contributed by atoms with Crippen molar-refractivity contribution in [1.82, 2.24) is 30.2 Å². The normalized spacial score (nSPS) is 26.7. The van der Waals surface area contributed by atoms with Gasteiger partial charge in [0, 0.05) is 40.8 Å². The Hall–Kier alpha value is -4.83. The molecule has 1 aromatic carbocycles. The van der Waals surface area contributed by atoms with Crippen LogP contribution in [0.2, 0.25) is 0 Å². The lowest BCUT2D eigenvalue weighted by Gasteiger charge is -2.31. The third-order valence-corrected chi connectivity index (χ3v) is 13.7. The van der Waals surface area contributed by atoms with Crippen molar-refractivity contribution in [2.45, 2.75) is 108 Å². The zero-order chi connectivity index (χ0) is 39.4. The monoisotopic (exact) mass is 802 g/mol. The molecule has 5 atom stereocenters. The summed E-state index contributed by atoms with van der Waals surface area (Å²) in [5, 5.41) is 8.56. The number of hydrogen-bond donors (Lipinski definition) is 3. The van der Waals surface area contributed by atoms with Crippen LogP contribution in [0.3, 0.4) is 0 Å². The number of carbonyl (C=O) groups excluding carboxylic acids is 4. The second kappa shape index (κ2) is 14.6. The van der Waals surface area contributed by atoms with Crippen molar-refractivity contribution < 1.29 is 36.7 Å². The summed E-state index contributed by atoms with van der Waals surface area (Å²) in [6, 6.07) is 7.24. The zero-order valence-corrected chi connectivity index (χ0v) is 33.2. The van der Waals surface area contributed by atoms with Crippen LogP contribution in [-0.2, 0) is 29.2 Å². The van der Waals surface area contributed by atoms with Crippen LogP contribution in [0.5, 0.6) is 5.75 Å². The first-order chi connectivity index (χ1) is 26.7. The van der Waals surface area contributed by atoms with Crippen LogP contribution < -0.4 is 20.1 Å². The number of hydrogen-bond acceptors (Lipinski definition) is 11. The van der Waals surface area contributed by atoms with Crippen LogP contribution in [0.25, 0.3) is 32.8 Å². The topological polar surface area (TPSA) is 190 Å². The van der Waals surface area contributed by atoms with E-state index in [1.165, 1.54) is 16.2 Å². The minimum absolute atomic E-state index is 0.00593. The Morgan fingerprint density at radius 2 is 1.91 bits per heavy atom. The highest BCUT2D eigenvalue weighted by Crippen LogP contribution is 2.46. The lowest BCUT2D eigenvalue weighted by molar-refractivity contribution is -0.143. The second-order valence-corrected chi connectivity index (χ2v) is 19.2. The van der Waals surface area contributed by atoms with Gasteiger partial charge in [0.2, 0.25) is 27.7 Å². The fourth-order valence-electron chi connectivity index (χ4n) is 7.60. The Kier molecular flexibility index (Phi) is 9.92. The zero-order valence-electron chi connectivity index (χ0n) is 31.6. The molecule has 0 bridgehead atoms. The second-order valence-electron chi connectivity index (χ2n) is 16.4. The van der Waals surface area contributed by atoms with Gasteiger partial charge in [-0.05, 0) is 50.7 Å². The van der Waals surface area contributed by atoms with Gasteiger partial charge in [0.25, 0.3) is 5.91 Å². The van der Waals surface area contributed by atoms with Crippen LogP contribution in [0.4, 0.5) is 0 Å². The molecule has 0 spiro atoms. The molecular weight excluding hydrogens is 757 g/mol. The molecule has 3 N–H and O–H groups in total. The molecule has 4 amide bonds. The standard InChI is InChI=1S/C40H46N6O8S2/c1-39(2,3)37(49)43-27-13-8-6-4-5-7-11-23-21-40(23,38(50)45-56(51,52)25-15-16-25)44-34(47)29-19-24(22-46(29)36(27)48)53-31-20-28(35-41-17-18-55-35)42-32-26-12-9-10-14-30(26)54-33(31)32/h7,9-12,14,17-18,20,23-25,27,29H,4-6,8,13,15-16,19,21-22H2,1-3H3,(H,43,49)(H,44,47)(H,45,50)/b11-7-/t23-,24-,27+,29+,40-/m1/s1. The maximum absolute atomic E-state index is 14.7. The number of pyridine rings is 1. The van der Waals surface area contributed by atoms with E-state index in [2.05, 4.69) is 20.3 Å². The molecule has 4 aromatic rings. The van der Waals surface area contributed by atoms with Crippen LogP contribution in [0.15, 0.2) is 58.5 Å². The summed E-state index contributed by atoms with van der Waals surface area (Å²) < 4.78 is 41.0. The maximum Gasteiger partial charge on any atom is 0.259 e. The molecule has 3 fully saturated rings. The Labute approximate surface area is 328 Å². The van der Waals surface area contributed by atoms with E-state index in [9.17, 15) is 27.6 Å². The average Bonchev–Trinajstić information content (AvgIpc) is 3.95. The number of sulfonamides is 1. The first-order valence-corrected chi connectivity index (χ1v) is 21.7. The van der Waals surface area contributed by atoms with E-state index in [4.69, 9.17) is 14.1 Å². The molecular formula is C40H46N6O8S2. The largest absolute Gasteiger partial charge is 0.484 e. The third kappa shape index (κ3) is 7.52. The molecule has 296 valence electrons. The van der Waals surface area contributed by atoms with Crippen LogP contribution >= 0.6 is 11.3 Å². The van der Waals surface area contributed by atoms with Gasteiger partial charge in [0.05, 0.1) is 11.8 Å². The van der Waals surface area contributed by atoms with E-state index in [1.807, 2.05) is 41.8 Å². The van der Waals surface area contributed by atoms with Crippen molar-refractivity contribution in [2.24, 2.45) is 11.3 Å². The highest BCUT2D eigenvalue weighted by Gasteiger charge is 2.62. The van der Waals surface area contributed by atoms with Gasteiger partial charge in [0.1, 0.15) is 45.5 Å². The molecule has 1 saturated heterocycles. The molecule has 14 nitrogen and oxygen atoms in total. The quantitative estimate of drug-likeness (QED) is 0.215. The molecule has 2 aliphatic carbocycles. The molecule has 2 aliphatic heterocycles. The summed E-state index contributed by atoms with van der Waals surface area (Å²) in [4.78, 5) is 67.1. The van der Waals surface area contributed by atoms with Crippen LogP contribution in [0.1, 0.15) is 78.6 Å². The number of nitrogens with one attached hydrogen (secondary N) is 3. The van der Waals surface area contributed by atoms with Gasteiger partial charge >= 0.3 is 0 Å². The van der Waals surface area contributed by atoms with Gasteiger partial charge < -0.3 is 24.7 Å². The van der Waals surface area contributed by atoms with Crippen molar-refractivity contribution in [3.63, 3.8) is 0 Å². The smallest absolute Gasteiger partial charge is 0.259 e. The highest BCUT2D eigenvalue weighted by molar-refractivity contribution is 7.91. The number of thiazole rings is 1. The minimum Gasteiger partial charge on any atom is -0.484 e. The molecule has 3 aromatic heterocycles. The van der Waals surface area contributed by atoms with Crippen LogP contribution in [0, 0.1) is 11.3 Å². The first kappa shape index (κ1) is 38.1. The number of ether oxygens (including phenoxy) is 1. The number of para-hydroxylation sites is 1. The summed E-state index contributed by atoms with van der Waals surface area (Å²) in [5.41, 5.74) is -0.104. The van der Waals surface area contributed by atoms with Crippen molar-refractivity contribution in [1.29, 1.82) is 0 Å². The Morgan fingerprint density at radius 3 is 2.66 bits per heavy atom. The van der Waals surface area contributed by atoms with E-state index >= 15 is 0 Å². The Bertz CT molecular complexity index is 2330. The summed E-state index contributed by atoms with van der Waals surface area (Å²) >= 11 is 1.42. The highest BCUT2D eigenvalue weighted by atomic mass is 32.2. The SMILES string of the molecule is CC(C)(C)C(=O)N[C@H]1CCCCC/C=C\[C@@H]2C[C@@]2(C(=O)NS(=O)(=O)C2CC2)NC(=O)[C@@H]2C[C@@H](Oc3cc(-c4nccs4)nc4c3oc3ccccc34)CN2C1=O. The Morgan fingerprint density at radius 1 is 1.11 bits per heavy atom. The van der Waals surface area contributed by atoms with Gasteiger partial charge in [-0.3, -0.25) is 23.9 Å². The van der Waals surface area contributed by atoms with Gasteiger partial charge in [0.15, 0.2) is 11.3 Å². The molecule has 0 unspecified atom stereocenters. The number of aromatic nitrogens is 2. The summed E-state index contributed by atoms with van der Waals surface area (Å²) in [6.45, 7) is 5.31. The van der Waals surface area contributed by atoms with E-state index in [1.54, 1.807) is 33.0 Å². The van der Waals surface area contributed by atoms with Crippen molar-refractivity contribution >= 4 is 67.1 Å². The minimum atomic E-state index is -3.90. The predicted octanol–water partition coefficient (Wildman–Crippen LogP) is 4.99. The average molecular weight is 803 g/mol. The fraction of sp³-hybridized carbons (Fsp3) is 0.500. The van der Waals surface area contributed by atoms with Crippen molar-refractivity contribution in [3.8, 4) is 16.5 Å². The van der Waals surface area contributed by atoms with E-state index < -0.39 is 68.1 Å². The van der Waals surface area contributed by atoms with E-state index in [0.717, 1.165) is 18.2 Å². The molecule has 16 heteroatoms. The fourth-order valence-corrected chi connectivity index (χ4v) is 9.56. The molecule has 0 radical (unpaired) electrons. The number of nitrogens with zero attached hydrogens (tertiary/aromatic N) is 3. The van der Waals surface area contributed by atoms with Crippen molar-refractivity contribution in [2.75, 3.05) is 6.54 Å². The lowest BCUT2D eigenvalue weighted by Crippen LogP contribution is -2.58. The predicted molar refractivity (Wildman–Crippen MR) is 210 cm³/mol. The molecule has 8 rings (SSSR count). The number of carbonyl (C=O) groups is 4.